The first-order valence-electron chi connectivity index (χ1n) is 6.74. The monoisotopic (exact) mass is 280 g/mol. The summed E-state index contributed by atoms with van der Waals surface area (Å²) in [5, 5.41) is 7.06. The van der Waals surface area contributed by atoms with E-state index in [1.807, 2.05) is 43.5 Å². The highest BCUT2D eigenvalue weighted by atomic mass is 16.1. The smallest absolute Gasteiger partial charge is 0.243 e. The number of aromatic nitrogens is 2. The zero-order valence-corrected chi connectivity index (χ0v) is 11.7. The first kappa shape index (κ1) is 13.2. The molecule has 2 heterocycles. The summed E-state index contributed by atoms with van der Waals surface area (Å²) in [6.45, 7) is 2.14. The highest BCUT2D eigenvalue weighted by molar-refractivity contribution is 5.97. The lowest BCUT2D eigenvalue weighted by molar-refractivity contribution is -0.114. The summed E-state index contributed by atoms with van der Waals surface area (Å²) >= 11 is 0. The number of aromatic amines is 1. The Morgan fingerprint density at radius 2 is 2.10 bits per heavy atom. The molecular weight excluding hydrogens is 264 g/mol. The van der Waals surface area contributed by atoms with Crippen LogP contribution >= 0.6 is 0 Å². The Labute approximate surface area is 122 Å². The number of para-hydroxylation sites is 1. The summed E-state index contributed by atoms with van der Waals surface area (Å²) in [4.78, 5) is 19.2. The molecule has 2 aromatic heterocycles. The van der Waals surface area contributed by atoms with Gasteiger partial charge in [0.05, 0.1) is 24.1 Å². The number of hydrogen-bond acceptors (Lipinski definition) is 3. The minimum atomic E-state index is -0.101. The maximum atomic E-state index is 12.0. The van der Waals surface area contributed by atoms with Gasteiger partial charge in [-0.3, -0.25) is 9.78 Å². The van der Waals surface area contributed by atoms with Gasteiger partial charge in [0, 0.05) is 23.3 Å². The summed E-state index contributed by atoms with van der Waals surface area (Å²) < 4.78 is 0. The molecule has 0 aliphatic rings. The van der Waals surface area contributed by atoms with E-state index in [9.17, 15) is 4.79 Å². The number of anilines is 2. The van der Waals surface area contributed by atoms with Crippen molar-refractivity contribution in [1.82, 2.24) is 9.97 Å². The molecule has 0 atom stereocenters. The molecule has 3 rings (SSSR count). The molecule has 0 radical (unpaired) electrons. The first-order valence-corrected chi connectivity index (χ1v) is 6.74. The Bertz CT molecular complexity index is 779. The topological polar surface area (TPSA) is 69.8 Å². The fourth-order valence-corrected chi connectivity index (χ4v) is 2.18. The molecule has 0 unspecified atom stereocenters. The Hall–Kier alpha value is -2.82. The largest absolute Gasteiger partial charge is 0.374 e. The average molecular weight is 280 g/mol. The highest BCUT2D eigenvalue weighted by Gasteiger charge is 2.07. The molecular formula is C16H16N4O. The van der Waals surface area contributed by atoms with Gasteiger partial charge in [-0.2, -0.15) is 0 Å². The molecule has 0 aliphatic carbocycles. The van der Waals surface area contributed by atoms with Crippen LogP contribution in [-0.4, -0.2) is 22.4 Å². The predicted molar refractivity (Wildman–Crippen MR) is 84.4 cm³/mol. The van der Waals surface area contributed by atoms with Crippen molar-refractivity contribution < 1.29 is 4.79 Å². The fraction of sp³-hybridized carbons (Fsp3) is 0.125. The molecule has 5 nitrogen and oxygen atoms in total. The Morgan fingerprint density at radius 3 is 2.95 bits per heavy atom. The number of nitrogens with zero attached hydrogens (tertiary/aromatic N) is 1. The number of nitrogens with one attached hydrogen (secondary N) is 3. The Kier molecular flexibility index (Phi) is 3.55. The number of amides is 1. The molecule has 106 valence electrons. The van der Waals surface area contributed by atoms with Crippen LogP contribution < -0.4 is 10.6 Å². The van der Waals surface area contributed by atoms with Crippen LogP contribution in [0.5, 0.6) is 0 Å². The van der Waals surface area contributed by atoms with Crippen LogP contribution in [0.1, 0.15) is 5.56 Å². The predicted octanol–water partition coefficient (Wildman–Crippen LogP) is 2.92. The van der Waals surface area contributed by atoms with Crippen molar-refractivity contribution in [1.29, 1.82) is 0 Å². The van der Waals surface area contributed by atoms with Gasteiger partial charge < -0.3 is 15.6 Å². The van der Waals surface area contributed by atoms with Gasteiger partial charge in [0.2, 0.25) is 5.91 Å². The van der Waals surface area contributed by atoms with E-state index in [0.29, 0.717) is 0 Å². The second kappa shape index (κ2) is 5.66. The lowest BCUT2D eigenvalue weighted by Gasteiger charge is -2.08. The SMILES string of the molecule is Cc1ccncc1NC(=O)CNc1c[nH]c2ccccc12. The summed E-state index contributed by atoms with van der Waals surface area (Å²) in [5.41, 5.74) is 3.70. The van der Waals surface area contributed by atoms with Gasteiger partial charge in [0.25, 0.3) is 0 Å². The molecule has 0 aliphatic heterocycles. The molecule has 5 heteroatoms. The van der Waals surface area contributed by atoms with E-state index in [4.69, 9.17) is 0 Å². The first-order chi connectivity index (χ1) is 10.2. The summed E-state index contributed by atoms with van der Waals surface area (Å²) in [6.07, 6.45) is 5.22. The van der Waals surface area contributed by atoms with Crippen LogP contribution in [0.4, 0.5) is 11.4 Å². The molecule has 3 N–H and O–H groups in total. The third-order valence-corrected chi connectivity index (χ3v) is 3.34. The maximum Gasteiger partial charge on any atom is 0.243 e. The molecule has 0 spiro atoms. The number of hydrogen-bond donors (Lipinski definition) is 3. The molecule has 3 aromatic rings. The van der Waals surface area contributed by atoms with Crippen molar-refractivity contribution in [2.45, 2.75) is 6.92 Å². The van der Waals surface area contributed by atoms with Gasteiger partial charge in [-0.15, -0.1) is 0 Å². The molecule has 21 heavy (non-hydrogen) atoms. The van der Waals surface area contributed by atoms with Crippen molar-refractivity contribution in [3.63, 3.8) is 0 Å². The minimum absolute atomic E-state index is 0.101. The molecule has 0 bridgehead atoms. The van der Waals surface area contributed by atoms with Crippen LogP contribution in [0.3, 0.4) is 0 Å². The van der Waals surface area contributed by atoms with Crippen LogP contribution in [0, 0.1) is 6.92 Å². The van der Waals surface area contributed by atoms with Crippen molar-refractivity contribution in [3.05, 3.63) is 54.5 Å². The summed E-state index contributed by atoms with van der Waals surface area (Å²) in [7, 11) is 0. The minimum Gasteiger partial charge on any atom is -0.374 e. The van der Waals surface area contributed by atoms with E-state index >= 15 is 0 Å². The number of H-pyrrole nitrogens is 1. The van der Waals surface area contributed by atoms with Crippen molar-refractivity contribution in [2.24, 2.45) is 0 Å². The number of fused-ring (bicyclic) bond motifs is 1. The van der Waals surface area contributed by atoms with Gasteiger partial charge in [0.15, 0.2) is 0 Å². The number of carbonyl (C=O) groups is 1. The Balaban J connectivity index is 1.65. The van der Waals surface area contributed by atoms with Crippen molar-refractivity contribution in [3.8, 4) is 0 Å². The van der Waals surface area contributed by atoms with E-state index in [1.165, 1.54) is 0 Å². The lowest BCUT2D eigenvalue weighted by Crippen LogP contribution is -2.22. The quantitative estimate of drug-likeness (QED) is 0.688. The zero-order valence-electron chi connectivity index (χ0n) is 11.7. The van der Waals surface area contributed by atoms with Gasteiger partial charge in [-0.05, 0) is 24.6 Å². The third kappa shape index (κ3) is 2.86. The van der Waals surface area contributed by atoms with Crippen LogP contribution in [0.25, 0.3) is 10.9 Å². The van der Waals surface area contributed by atoms with E-state index in [1.54, 1.807) is 12.4 Å². The summed E-state index contributed by atoms with van der Waals surface area (Å²) in [6, 6.07) is 9.82. The molecule has 0 saturated carbocycles. The third-order valence-electron chi connectivity index (χ3n) is 3.34. The highest BCUT2D eigenvalue weighted by Crippen LogP contribution is 2.22. The normalized spacial score (nSPS) is 10.5. The number of rotatable bonds is 4. The van der Waals surface area contributed by atoms with Crippen LogP contribution in [0.2, 0.25) is 0 Å². The zero-order chi connectivity index (χ0) is 14.7. The Morgan fingerprint density at radius 1 is 1.24 bits per heavy atom. The van der Waals surface area contributed by atoms with Gasteiger partial charge in [0.1, 0.15) is 0 Å². The summed E-state index contributed by atoms with van der Waals surface area (Å²) in [5.74, 6) is -0.101. The standard InChI is InChI=1S/C16H16N4O/c1-11-6-7-17-8-14(11)20-16(21)10-19-15-9-18-13-5-3-2-4-12(13)15/h2-9,18-19H,10H2,1H3,(H,20,21). The van der Waals surface area contributed by atoms with Gasteiger partial charge in [-0.1, -0.05) is 18.2 Å². The van der Waals surface area contributed by atoms with E-state index < -0.39 is 0 Å². The van der Waals surface area contributed by atoms with Crippen molar-refractivity contribution >= 4 is 28.2 Å². The number of aryl methyl sites for hydroxylation is 1. The average Bonchev–Trinajstić information content (AvgIpc) is 2.91. The van der Waals surface area contributed by atoms with Crippen molar-refractivity contribution in [2.75, 3.05) is 17.2 Å². The molecule has 0 fully saturated rings. The van der Waals surface area contributed by atoms with E-state index in [2.05, 4.69) is 20.6 Å². The van der Waals surface area contributed by atoms with Crippen LogP contribution in [0.15, 0.2) is 48.9 Å². The molecule has 1 amide bonds. The number of benzene rings is 1. The molecule has 0 saturated heterocycles. The molecule has 1 aromatic carbocycles. The van der Waals surface area contributed by atoms with E-state index in [-0.39, 0.29) is 12.5 Å². The number of carbonyl (C=O) groups excluding carboxylic acids is 1. The number of pyridine rings is 1. The second-order valence-electron chi connectivity index (χ2n) is 4.84. The lowest BCUT2D eigenvalue weighted by atomic mass is 10.2. The maximum absolute atomic E-state index is 12.0. The van der Waals surface area contributed by atoms with Crippen LogP contribution in [-0.2, 0) is 4.79 Å². The second-order valence-corrected chi connectivity index (χ2v) is 4.84. The van der Waals surface area contributed by atoms with Gasteiger partial charge in [-0.25, -0.2) is 0 Å². The van der Waals surface area contributed by atoms with E-state index in [0.717, 1.165) is 27.8 Å². The van der Waals surface area contributed by atoms with Gasteiger partial charge >= 0.3 is 0 Å². The fourth-order valence-electron chi connectivity index (χ4n) is 2.18.